The van der Waals surface area contributed by atoms with Crippen LogP contribution in [-0.2, 0) is 16.1 Å². The molecule has 0 spiro atoms. The highest BCUT2D eigenvalue weighted by atomic mass is 16.3. The highest BCUT2D eigenvalue weighted by Gasteiger charge is 2.48. The Morgan fingerprint density at radius 1 is 1.32 bits per heavy atom. The van der Waals surface area contributed by atoms with Gasteiger partial charge in [-0.1, -0.05) is 0 Å². The zero-order chi connectivity index (χ0) is 16.5. The standard InChI is InChI=1S/C16H25N3O3/c1-15(2)8-11(17)9-16(3,4)19(15)14(21)13(20)18-10-12-6-5-7-22-12/h5-7,11H,8-10,17H2,1-4H3,(H,18,20). The van der Waals surface area contributed by atoms with E-state index in [1.54, 1.807) is 17.0 Å². The predicted molar refractivity (Wildman–Crippen MR) is 82.8 cm³/mol. The molecule has 2 amide bonds. The number of rotatable bonds is 2. The lowest BCUT2D eigenvalue weighted by Crippen LogP contribution is -2.67. The fourth-order valence-corrected chi connectivity index (χ4v) is 3.66. The van der Waals surface area contributed by atoms with E-state index in [9.17, 15) is 9.59 Å². The number of furan rings is 1. The van der Waals surface area contributed by atoms with Gasteiger partial charge in [0.1, 0.15) is 5.76 Å². The topological polar surface area (TPSA) is 88.6 Å². The Bertz CT molecular complexity index is 531. The number of piperidine rings is 1. The molecular formula is C16H25N3O3. The molecular weight excluding hydrogens is 282 g/mol. The van der Waals surface area contributed by atoms with Crippen molar-refractivity contribution in [3.8, 4) is 0 Å². The van der Waals surface area contributed by atoms with Crippen molar-refractivity contribution in [3.05, 3.63) is 24.2 Å². The Hall–Kier alpha value is -1.82. The largest absolute Gasteiger partial charge is 0.467 e. The van der Waals surface area contributed by atoms with Crippen LogP contribution in [0.25, 0.3) is 0 Å². The average molecular weight is 307 g/mol. The zero-order valence-electron chi connectivity index (χ0n) is 13.7. The normalized spacial score (nSPS) is 20.7. The van der Waals surface area contributed by atoms with E-state index in [0.717, 1.165) is 0 Å². The molecule has 3 N–H and O–H groups in total. The summed E-state index contributed by atoms with van der Waals surface area (Å²) in [5.74, 6) is -0.526. The van der Waals surface area contributed by atoms with E-state index in [1.165, 1.54) is 6.26 Å². The van der Waals surface area contributed by atoms with Gasteiger partial charge in [-0.2, -0.15) is 0 Å². The molecule has 22 heavy (non-hydrogen) atoms. The van der Waals surface area contributed by atoms with Crippen LogP contribution < -0.4 is 11.1 Å². The highest BCUT2D eigenvalue weighted by molar-refractivity contribution is 6.35. The quantitative estimate of drug-likeness (QED) is 0.808. The summed E-state index contributed by atoms with van der Waals surface area (Å²) in [5.41, 5.74) is 5.18. The molecule has 1 aromatic rings. The molecule has 6 heteroatoms. The minimum absolute atomic E-state index is 0.0280. The SMILES string of the molecule is CC1(C)CC(N)CC(C)(C)N1C(=O)C(=O)NCc1ccco1. The molecule has 0 saturated carbocycles. The summed E-state index contributed by atoms with van der Waals surface area (Å²) in [6.45, 7) is 8.00. The van der Waals surface area contributed by atoms with Gasteiger partial charge in [-0.3, -0.25) is 9.59 Å². The molecule has 2 rings (SSSR count). The van der Waals surface area contributed by atoms with Gasteiger partial charge in [-0.15, -0.1) is 0 Å². The molecule has 2 heterocycles. The summed E-state index contributed by atoms with van der Waals surface area (Å²) in [6.07, 6.45) is 2.88. The number of nitrogens with one attached hydrogen (secondary N) is 1. The van der Waals surface area contributed by atoms with Gasteiger partial charge in [-0.05, 0) is 52.7 Å². The van der Waals surface area contributed by atoms with E-state index in [1.807, 2.05) is 27.7 Å². The third-order valence-corrected chi connectivity index (χ3v) is 4.13. The summed E-state index contributed by atoms with van der Waals surface area (Å²) in [6, 6.07) is 3.51. The second-order valence-electron chi connectivity index (χ2n) is 7.20. The van der Waals surface area contributed by atoms with Crippen molar-refractivity contribution >= 4 is 11.8 Å². The molecule has 1 aliphatic rings. The number of carbonyl (C=O) groups is 2. The van der Waals surface area contributed by atoms with Gasteiger partial charge in [-0.25, -0.2) is 0 Å². The van der Waals surface area contributed by atoms with Crippen molar-refractivity contribution < 1.29 is 14.0 Å². The molecule has 6 nitrogen and oxygen atoms in total. The van der Waals surface area contributed by atoms with Gasteiger partial charge in [0.05, 0.1) is 12.8 Å². The van der Waals surface area contributed by atoms with Gasteiger partial charge < -0.3 is 20.4 Å². The first-order valence-corrected chi connectivity index (χ1v) is 7.54. The summed E-state index contributed by atoms with van der Waals surface area (Å²) >= 11 is 0. The van der Waals surface area contributed by atoms with Crippen molar-refractivity contribution in [2.45, 2.75) is 64.2 Å². The Balaban J connectivity index is 2.10. The van der Waals surface area contributed by atoms with E-state index < -0.39 is 22.9 Å². The molecule has 1 fully saturated rings. The van der Waals surface area contributed by atoms with Crippen molar-refractivity contribution in [2.24, 2.45) is 5.73 Å². The molecule has 0 atom stereocenters. The van der Waals surface area contributed by atoms with Crippen LogP contribution >= 0.6 is 0 Å². The van der Waals surface area contributed by atoms with Crippen LogP contribution in [0.2, 0.25) is 0 Å². The second-order valence-corrected chi connectivity index (χ2v) is 7.20. The average Bonchev–Trinajstić information content (AvgIpc) is 2.84. The van der Waals surface area contributed by atoms with Crippen molar-refractivity contribution in [1.82, 2.24) is 10.2 Å². The van der Waals surface area contributed by atoms with Crippen LogP contribution in [0.5, 0.6) is 0 Å². The van der Waals surface area contributed by atoms with Crippen LogP contribution in [0.4, 0.5) is 0 Å². The first-order chi connectivity index (χ1) is 10.1. The number of hydrogen-bond acceptors (Lipinski definition) is 4. The number of nitrogens with zero attached hydrogens (tertiary/aromatic N) is 1. The molecule has 0 aliphatic carbocycles. The van der Waals surface area contributed by atoms with Crippen molar-refractivity contribution in [3.63, 3.8) is 0 Å². The fraction of sp³-hybridized carbons (Fsp3) is 0.625. The van der Waals surface area contributed by atoms with E-state index in [-0.39, 0.29) is 12.6 Å². The molecule has 0 radical (unpaired) electrons. The van der Waals surface area contributed by atoms with Crippen LogP contribution in [0.15, 0.2) is 22.8 Å². The Kier molecular flexibility index (Phi) is 4.33. The second kappa shape index (κ2) is 5.76. The lowest BCUT2D eigenvalue weighted by atomic mass is 9.77. The first-order valence-electron chi connectivity index (χ1n) is 7.54. The fourth-order valence-electron chi connectivity index (χ4n) is 3.66. The molecule has 122 valence electrons. The summed E-state index contributed by atoms with van der Waals surface area (Å²) in [4.78, 5) is 26.5. The highest BCUT2D eigenvalue weighted by Crippen LogP contribution is 2.37. The monoisotopic (exact) mass is 307 g/mol. The van der Waals surface area contributed by atoms with Gasteiger partial charge in [0.15, 0.2) is 0 Å². The molecule has 0 aromatic carbocycles. The van der Waals surface area contributed by atoms with Crippen molar-refractivity contribution in [1.29, 1.82) is 0 Å². The van der Waals surface area contributed by atoms with Gasteiger partial charge in [0.2, 0.25) is 0 Å². The van der Waals surface area contributed by atoms with Crippen LogP contribution in [0.3, 0.4) is 0 Å². The lowest BCUT2D eigenvalue weighted by molar-refractivity contribution is -0.159. The van der Waals surface area contributed by atoms with Crippen LogP contribution in [-0.4, -0.2) is 33.8 Å². The number of hydrogen-bond donors (Lipinski definition) is 2. The lowest BCUT2D eigenvalue weighted by Gasteiger charge is -2.54. The van der Waals surface area contributed by atoms with Crippen LogP contribution in [0, 0.1) is 0 Å². The van der Waals surface area contributed by atoms with E-state index in [4.69, 9.17) is 10.2 Å². The number of likely N-dealkylation sites (tertiary alicyclic amines) is 1. The van der Waals surface area contributed by atoms with Gasteiger partial charge >= 0.3 is 11.8 Å². The van der Waals surface area contributed by atoms with Gasteiger partial charge in [0.25, 0.3) is 0 Å². The van der Waals surface area contributed by atoms with E-state index in [2.05, 4.69) is 5.32 Å². The Labute approximate surface area is 131 Å². The molecule has 1 saturated heterocycles. The minimum atomic E-state index is -0.618. The van der Waals surface area contributed by atoms with Crippen molar-refractivity contribution in [2.75, 3.05) is 0 Å². The smallest absolute Gasteiger partial charge is 0.312 e. The maximum Gasteiger partial charge on any atom is 0.312 e. The maximum atomic E-state index is 12.6. The van der Waals surface area contributed by atoms with E-state index in [0.29, 0.717) is 18.6 Å². The molecule has 1 aliphatic heterocycles. The third kappa shape index (κ3) is 3.32. The minimum Gasteiger partial charge on any atom is -0.467 e. The Morgan fingerprint density at radius 3 is 2.41 bits per heavy atom. The number of carbonyl (C=O) groups excluding carboxylic acids is 2. The molecule has 1 aromatic heterocycles. The summed E-state index contributed by atoms with van der Waals surface area (Å²) in [7, 11) is 0. The first kappa shape index (κ1) is 16.5. The molecule has 0 bridgehead atoms. The van der Waals surface area contributed by atoms with Gasteiger partial charge in [0, 0.05) is 17.1 Å². The van der Waals surface area contributed by atoms with E-state index >= 15 is 0 Å². The van der Waals surface area contributed by atoms with Crippen LogP contribution in [0.1, 0.15) is 46.3 Å². The third-order valence-electron chi connectivity index (χ3n) is 4.13. The number of amides is 2. The summed E-state index contributed by atoms with van der Waals surface area (Å²) in [5, 5.41) is 2.61. The molecule has 0 unspecified atom stereocenters. The Morgan fingerprint density at radius 2 is 1.91 bits per heavy atom. The zero-order valence-corrected chi connectivity index (χ0v) is 13.7. The predicted octanol–water partition coefficient (Wildman–Crippen LogP) is 1.40. The summed E-state index contributed by atoms with van der Waals surface area (Å²) < 4.78 is 5.15. The number of nitrogens with two attached hydrogens (primary N) is 1. The maximum absolute atomic E-state index is 12.6.